The molecule has 2 rings (SSSR count). The number of hydrogen-bond donors (Lipinski definition) is 1. The van der Waals surface area contributed by atoms with Gasteiger partial charge in [-0.2, -0.15) is 0 Å². The van der Waals surface area contributed by atoms with Crippen LogP contribution >= 0.6 is 15.9 Å². The van der Waals surface area contributed by atoms with Gasteiger partial charge in [0.15, 0.2) is 0 Å². The monoisotopic (exact) mass is 311 g/mol. The predicted molar refractivity (Wildman–Crippen MR) is 76.1 cm³/mol. The molecule has 98 valence electrons. The number of benzene rings is 1. The molecule has 4 heteroatoms. The molecule has 3 nitrogen and oxygen atoms in total. The number of carbonyl (C=O) groups is 1. The van der Waals surface area contributed by atoms with Crippen molar-refractivity contribution in [2.45, 2.75) is 32.7 Å². The highest BCUT2D eigenvalue weighted by Crippen LogP contribution is 2.38. The third-order valence-electron chi connectivity index (χ3n) is 3.67. The fourth-order valence-corrected chi connectivity index (χ4v) is 3.23. The Labute approximate surface area is 116 Å². The highest BCUT2D eigenvalue weighted by Gasteiger charge is 2.31. The molecular weight excluding hydrogens is 294 g/mol. The van der Waals surface area contributed by atoms with Crippen LogP contribution in [0.25, 0.3) is 0 Å². The van der Waals surface area contributed by atoms with Gasteiger partial charge in [0.05, 0.1) is 5.92 Å². The van der Waals surface area contributed by atoms with E-state index in [1.165, 1.54) is 11.3 Å². The second-order valence-electron chi connectivity index (χ2n) is 4.86. The van der Waals surface area contributed by atoms with E-state index in [4.69, 9.17) is 5.11 Å². The van der Waals surface area contributed by atoms with E-state index in [0.29, 0.717) is 12.5 Å². The van der Waals surface area contributed by atoms with Crippen LogP contribution in [0.1, 0.15) is 25.8 Å². The van der Waals surface area contributed by atoms with Crippen molar-refractivity contribution in [3.63, 3.8) is 0 Å². The van der Waals surface area contributed by atoms with Crippen molar-refractivity contribution in [1.82, 2.24) is 0 Å². The van der Waals surface area contributed by atoms with E-state index in [1.54, 1.807) is 6.92 Å². The predicted octanol–water partition coefficient (Wildman–Crippen LogP) is 3.31. The third kappa shape index (κ3) is 2.39. The van der Waals surface area contributed by atoms with Gasteiger partial charge < -0.3 is 10.0 Å². The van der Waals surface area contributed by atoms with Crippen molar-refractivity contribution in [3.05, 3.63) is 28.2 Å². The fourth-order valence-electron chi connectivity index (χ4n) is 2.71. The van der Waals surface area contributed by atoms with Crippen LogP contribution in [-0.2, 0) is 11.2 Å². The molecule has 0 aromatic heterocycles. The van der Waals surface area contributed by atoms with Crippen LogP contribution in [0.2, 0.25) is 0 Å². The Hall–Kier alpha value is -1.03. The van der Waals surface area contributed by atoms with E-state index >= 15 is 0 Å². The van der Waals surface area contributed by atoms with Crippen LogP contribution in [-0.4, -0.2) is 23.7 Å². The average molecular weight is 312 g/mol. The summed E-state index contributed by atoms with van der Waals surface area (Å²) in [7, 11) is 0. The van der Waals surface area contributed by atoms with E-state index in [9.17, 15) is 4.79 Å². The van der Waals surface area contributed by atoms with Gasteiger partial charge in [0.25, 0.3) is 0 Å². The normalized spacial score (nSPS) is 19.7. The number of carboxylic acids is 1. The number of hydrogen-bond acceptors (Lipinski definition) is 2. The molecule has 0 radical (unpaired) electrons. The number of carboxylic acid groups (broad SMARTS) is 1. The van der Waals surface area contributed by atoms with Gasteiger partial charge in [-0.25, -0.2) is 0 Å². The minimum atomic E-state index is -0.707. The standard InChI is InChI=1S/C14H18BrNO2/c1-3-16-10(7-9(2)14(17)18)8-11-12(15)5-4-6-13(11)16/h4-6,9-10H,3,7-8H2,1-2H3,(H,17,18). The van der Waals surface area contributed by atoms with Gasteiger partial charge in [0.2, 0.25) is 0 Å². The Morgan fingerprint density at radius 3 is 2.94 bits per heavy atom. The number of fused-ring (bicyclic) bond motifs is 1. The first-order valence-corrected chi connectivity index (χ1v) is 7.10. The summed E-state index contributed by atoms with van der Waals surface area (Å²) < 4.78 is 1.13. The molecule has 1 N–H and O–H groups in total. The molecule has 0 spiro atoms. The van der Waals surface area contributed by atoms with E-state index in [-0.39, 0.29) is 5.92 Å². The van der Waals surface area contributed by atoms with Crippen molar-refractivity contribution in [1.29, 1.82) is 0 Å². The van der Waals surface area contributed by atoms with Gasteiger partial charge in [-0.05, 0) is 37.5 Å². The van der Waals surface area contributed by atoms with Crippen LogP contribution in [0.4, 0.5) is 5.69 Å². The summed E-state index contributed by atoms with van der Waals surface area (Å²) in [5.74, 6) is -1.00. The molecule has 1 aromatic carbocycles. The lowest BCUT2D eigenvalue weighted by Gasteiger charge is -2.27. The zero-order valence-corrected chi connectivity index (χ0v) is 12.3. The third-order valence-corrected chi connectivity index (χ3v) is 4.41. The Morgan fingerprint density at radius 2 is 2.33 bits per heavy atom. The van der Waals surface area contributed by atoms with Gasteiger partial charge in [-0.1, -0.05) is 28.9 Å². The maximum absolute atomic E-state index is 11.0. The Morgan fingerprint density at radius 1 is 1.61 bits per heavy atom. The molecule has 1 aromatic rings. The molecule has 0 amide bonds. The number of likely N-dealkylation sites (N-methyl/N-ethyl adjacent to an activating group) is 1. The minimum absolute atomic E-state index is 0.294. The molecule has 0 bridgehead atoms. The quantitative estimate of drug-likeness (QED) is 0.927. The largest absolute Gasteiger partial charge is 0.481 e. The first-order valence-electron chi connectivity index (χ1n) is 6.31. The summed E-state index contributed by atoms with van der Waals surface area (Å²) in [4.78, 5) is 13.3. The first-order chi connectivity index (χ1) is 8.54. The van der Waals surface area contributed by atoms with Crippen LogP contribution in [0.5, 0.6) is 0 Å². The number of aliphatic carboxylic acids is 1. The lowest BCUT2D eigenvalue weighted by molar-refractivity contribution is -0.141. The van der Waals surface area contributed by atoms with Crippen molar-refractivity contribution < 1.29 is 9.90 Å². The lowest BCUT2D eigenvalue weighted by Crippen LogP contribution is -2.34. The molecule has 1 heterocycles. The lowest BCUT2D eigenvalue weighted by atomic mass is 9.99. The summed E-state index contributed by atoms with van der Waals surface area (Å²) in [5.41, 5.74) is 2.55. The molecule has 1 aliphatic rings. The second-order valence-corrected chi connectivity index (χ2v) is 5.71. The number of halogens is 1. The Bertz CT molecular complexity index is 461. The topological polar surface area (TPSA) is 40.5 Å². The summed E-state index contributed by atoms with van der Waals surface area (Å²) >= 11 is 3.58. The highest BCUT2D eigenvalue weighted by atomic mass is 79.9. The maximum atomic E-state index is 11.0. The average Bonchev–Trinajstić information content (AvgIpc) is 2.68. The first kappa shape index (κ1) is 13.4. The van der Waals surface area contributed by atoms with Crippen molar-refractivity contribution in [2.75, 3.05) is 11.4 Å². The zero-order valence-electron chi connectivity index (χ0n) is 10.7. The Balaban J connectivity index is 2.22. The molecule has 0 saturated heterocycles. The summed E-state index contributed by atoms with van der Waals surface area (Å²) in [5, 5.41) is 9.05. The summed E-state index contributed by atoms with van der Waals surface area (Å²) in [6, 6.07) is 6.51. The molecule has 2 unspecified atom stereocenters. The van der Waals surface area contributed by atoms with Crippen LogP contribution < -0.4 is 4.90 Å². The molecule has 0 aliphatic carbocycles. The van der Waals surface area contributed by atoms with E-state index < -0.39 is 5.97 Å². The SMILES string of the molecule is CCN1c2cccc(Br)c2CC1CC(C)C(=O)O. The molecule has 0 saturated carbocycles. The smallest absolute Gasteiger partial charge is 0.306 e. The molecule has 0 fully saturated rings. The van der Waals surface area contributed by atoms with Crippen LogP contribution in [0.3, 0.4) is 0 Å². The highest BCUT2D eigenvalue weighted by molar-refractivity contribution is 9.10. The van der Waals surface area contributed by atoms with Gasteiger partial charge >= 0.3 is 5.97 Å². The number of nitrogens with zero attached hydrogens (tertiary/aromatic N) is 1. The van der Waals surface area contributed by atoms with Crippen LogP contribution in [0, 0.1) is 5.92 Å². The summed E-state index contributed by atoms with van der Waals surface area (Å²) in [6.45, 7) is 4.82. The molecular formula is C14H18BrNO2. The van der Waals surface area contributed by atoms with Gasteiger partial charge in [-0.3, -0.25) is 4.79 Å². The minimum Gasteiger partial charge on any atom is -0.481 e. The van der Waals surface area contributed by atoms with Gasteiger partial charge in [0.1, 0.15) is 0 Å². The Kier molecular flexibility index (Phi) is 3.95. The fraction of sp³-hybridized carbons (Fsp3) is 0.500. The molecule has 18 heavy (non-hydrogen) atoms. The van der Waals surface area contributed by atoms with E-state index in [1.807, 2.05) is 6.07 Å². The number of anilines is 1. The molecule has 1 aliphatic heterocycles. The number of rotatable bonds is 4. The maximum Gasteiger partial charge on any atom is 0.306 e. The second kappa shape index (κ2) is 5.31. The van der Waals surface area contributed by atoms with Crippen molar-refractivity contribution in [2.24, 2.45) is 5.92 Å². The van der Waals surface area contributed by atoms with E-state index in [0.717, 1.165) is 17.4 Å². The van der Waals surface area contributed by atoms with Crippen molar-refractivity contribution in [3.8, 4) is 0 Å². The van der Waals surface area contributed by atoms with Crippen LogP contribution in [0.15, 0.2) is 22.7 Å². The van der Waals surface area contributed by atoms with Gasteiger partial charge in [0, 0.05) is 22.7 Å². The van der Waals surface area contributed by atoms with Gasteiger partial charge in [-0.15, -0.1) is 0 Å². The molecule has 2 atom stereocenters. The van der Waals surface area contributed by atoms with Crippen molar-refractivity contribution >= 4 is 27.6 Å². The van der Waals surface area contributed by atoms with E-state index in [2.05, 4.69) is 39.9 Å². The zero-order chi connectivity index (χ0) is 13.3. The summed E-state index contributed by atoms with van der Waals surface area (Å²) in [6.07, 6.45) is 1.63.